The summed E-state index contributed by atoms with van der Waals surface area (Å²) >= 11 is 3.33. The van der Waals surface area contributed by atoms with Crippen LogP contribution in [-0.2, 0) is 6.42 Å². The third-order valence-electron chi connectivity index (χ3n) is 3.04. The Balaban J connectivity index is 2.37. The van der Waals surface area contributed by atoms with Gasteiger partial charge in [-0.25, -0.2) is 8.78 Å². The molecule has 6 heteroatoms. The lowest BCUT2D eigenvalue weighted by molar-refractivity contribution is 0.101. The molecule has 0 heterocycles. The van der Waals surface area contributed by atoms with Crippen LogP contribution < -0.4 is 11.1 Å². The van der Waals surface area contributed by atoms with Crippen LogP contribution in [0.3, 0.4) is 0 Å². The number of nitrogens with one attached hydrogen (secondary N) is 1. The second-order valence-electron chi connectivity index (χ2n) is 4.43. The van der Waals surface area contributed by atoms with Crippen molar-refractivity contribution in [2.24, 2.45) is 0 Å². The Hall–Kier alpha value is -1.95. The SMILES string of the molecule is CCc1cc(Br)ccc1NC(=O)c1c(F)ccc(N)c1F. The van der Waals surface area contributed by atoms with Crippen LogP contribution in [0, 0.1) is 11.6 Å². The van der Waals surface area contributed by atoms with Gasteiger partial charge in [0.05, 0.1) is 5.69 Å². The molecule has 0 spiro atoms. The topological polar surface area (TPSA) is 55.1 Å². The van der Waals surface area contributed by atoms with Gasteiger partial charge in [-0.15, -0.1) is 0 Å². The van der Waals surface area contributed by atoms with E-state index in [1.54, 1.807) is 12.1 Å². The van der Waals surface area contributed by atoms with Gasteiger partial charge in [-0.2, -0.15) is 0 Å². The number of carbonyl (C=O) groups is 1. The van der Waals surface area contributed by atoms with E-state index in [-0.39, 0.29) is 5.69 Å². The second kappa shape index (κ2) is 6.22. The van der Waals surface area contributed by atoms with Crippen LogP contribution in [-0.4, -0.2) is 5.91 Å². The molecule has 0 aromatic heterocycles. The van der Waals surface area contributed by atoms with E-state index in [0.29, 0.717) is 12.1 Å². The molecule has 0 saturated carbocycles. The summed E-state index contributed by atoms with van der Waals surface area (Å²) < 4.78 is 28.4. The van der Waals surface area contributed by atoms with Crippen molar-refractivity contribution in [1.29, 1.82) is 0 Å². The van der Waals surface area contributed by atoms with Gasteiger partial charge in [0.1, 0.15) is 11.4 Å². The van der Waals surface area contributed by atoms with Crippen molar-refractivity contribution in [2.45, 2.75) is 13.3 Å². The second-order valence-corrected chi connectivity index (χ2v) is 5.35. The van der Waals surface area contributed by atoms with Crippen molar-refractivity contribution in [3.63, 3.8) is 0 Å². The minimum Gasteiger partial charge on any atom is -0.396 e. The molecule has 0 aliphatic rings. The lowest BCUT2D eigenvalue weighted by Crippen LogP contribution is -2.17. The maximum Gasteiger partial charge on any atom is 0.261 e. The Labute approximate surface area is 129 Å². The fourth-order valence-electron chi connectivity index (χ4n) is 1.94. The Morgan fingerprint density at radius 3 is 2.67 bits per heavy atom. The van der Waals surface area contributed by atoms with E-state index in [1.165, 1.54) is 0 Å². The molecular formula is C15H13BrF2N2O. The van der Waals surface area contributed by atoms with Crippen LogP contribution >= 0.6 is 15.9 Å². The van der Waals surface area contributed by atoms with Crippen molar-refractivity contribution < 1.29 is 13.6 Å². The molecule has 110 valence electrons. The van der Waals surface area contributed by atoms with E-state index in [2.05, 4.69) is 21.2 Å². The molecule has 2 rings (SSSR count). The van der Waals surface area contributed by atoms with Gasteiger partial charge in [0, 0.05) is 10.2 Å². The predicted molar refractivity (Wildman–Crippen MR) is 82.2 cm³/mol. The van der Waals surface area contributed by atoms with Crippen molar-refractivity contribution in [3.05, 3.63) is 57.6 Å². The lowest BCUT2D eigenvalue weighted by Gasteiger charge is -2.12. The number of rotatable bonds is 3. The van der Waals surface area contributed by atoms with Gasteiger partial charge >= 0.3 is 0 Å². The molecule has 1 amide bonds. The number of aryl methyl sites for hydroxylation is 1. The van der Waals surface area contributed by atoms with Crippen LogP contribution in [0.4, 0.5) is 20.2 Å². The molecule has 0 fully saturated rings. The third kappa shape index (κ3) is 3.21. The number of amides is 1. The summed E-state index contributed by atoms with van der Waals surface area (Å²) in [5.41, 5.74) is 5.77. The normalized spacial score (nSPS) is 10.5. The molecule has 2 aromatic rings. The van der Waals surface area contributed by atoms with Gasteiger partial charge in [0.25, 0.3) is 5.91 Å². The van der Waals surface area contributed by atoms with Crippen molar-refractivity contribution >= 4 is 33.2 Å². The van der Waals surface area contributed by atoms with Crippen LogP contribution in [0.1, 0.15) is 22.8 Å². The zero-order chi connectivity index (χ0) is 15.6. The number of hydrogen-bond acceptors (Lipinski definition) is 2. The number of nitrogens with two attached hydrogens (primary N) is 1. The van der Waals surface area contributed by atoms with Crippen LogP contribution in [0.25, 0.3) is 0 Å². The number of benzene rings is 2. The van der Waals surface area contributed by atoms with Crippen LogP contribution in [0.15, 0.2) is 34.8 Å². The maximum atomic E-state index is 13.8. The highest BCUT2D eigenvalue weighted by Crippen LogP contribution is 2.24. The minimum atomic E-state index is -1.05. The molecule has 0 saturated heterocycles. The Kier molecular flexibility index (Phi) is 4.57. The molecule has 0 radical (unpaired) electrons. The average molecular weight is 355 g/mol. The molecule has 0 aliphatic heterocycles. The molecule has 0 atom stereocenters. The van der Waals surface area contributed by atoms with Crippen LogP contribution in [0.5, 0.6) is 0 Å². The largest absolute Gasteiger partial charge is 0.396 e. The maximum absolute atomic E-state index is 13.8. The van der Waals surface area contributed by atoms with Crippen LogP contribution in [0.2, 0.25) is 0 Å². The van der Waals surface area contributed by atoms with Gasteiger partial charge in [-0.05, 0) is 42.3 Å². The molecule has 0 aliphatic carbocycles. The summed E-state index contributed by atoms with van der Waals surface area (Å²) in [5, 5.41) is 2.52. The van der Waals surface area contributed by atoms with E-state index in [0.717, 1.165) is 22.2 Å². The summed E-state index contributed by atoms with van der Waals surface area (Å²) in [5.74, 6) is -2.87. The predicted octanol–water partition coefficient (Wildman–Crippen LogP) is 4.12. The van der Waals surface area contributed by atoms with Gasteiger partial charge in [-0.3, -0.25) is 4.79 Å². The van der Waals surface area contributed by atoms with E-state index < -0.39 is 23.1 Å². The van der Waals surface area contributed by atoms with Crippen molar-refractivity contribution in [1.82, 2.24) is 0 Å². The summed E-state index contributed by atoms with van der Waals surface area (Å²) in [4.78, 5) is 12.1. The third-order valence-corrected chi connectivity index (χ3v) is 3.54. The van der Waals surface area contributed by atoms with E-state index in [9.17, 15) is 13.6 Å². The fraction of sp³-hybridized carbons (Fsp3) is 0.133. The van der Waals surface area contributed by atoms with E-state index in [1.807, 2.05) is 13.0 Å². The molecule has 0 bridgehead atoms. The Morgan fingerprint density at radius 1 is 1.29 bits per heavy atom. The van der Waals surface area contributed by atoms with Crippen molar-refractivity contribution in [2.75, 3.05) is 11.1 Å². The molecule has 0 unspecified atom stereocenters. The molecule has 3 N–H and O–H groups in total. The number of halogens is 3. The molecule has 21 heavy (non-hydrogen) atoms. The monoisotopic (exact) mass is 354 g/mol. The number of nitrogen functional groups attached to an aromatic ring is 1. The lowest BCUT2D eigenvalue weighted by atomic mass is 10.1. The minimum absolute atomic E-state index is 0.270. The first-order chi connectivity index (χ1) is 9.93. The standard InChI is InChI=1S/C15H13BrF2N2O/c1-2-8-7-9(16)3-6-12(8)20-15(21)13-10(17)4-5-11(19)14(13)18/h3-7H,2,19H2,1H3,(H,20,21). The summed E-state index contributed by atoms with van der Waals surface area (Å²) in [7, 11) is 0. The smallest absolute Gasteiger partial charge is 0.261 e. The first kappa shape index (κ1) is 15.4. The molecule has 3 nitrogen and oxygen atoms in total. The van der Waals surface area contributed by atoms with Gasteiger partial charge in [0.2, 0.25) is 0 Å². The fourth-order valence-corrected chi connectivity index (χ4v) is 2.35. The quantitative estimate of drug-likeness (QED) is 0.814. The average Bonchev–Trinajstić information content (AvgIpc) is 2.45. The Bertz CT molecular complexity index is 704. The number of hydrogen-bond donors (Lipinski definition) is 2. The first-order valence-corrected chi connectivity index (χ1v) is 7.06. The highest BCUT2D eigenvalue weighted by Gasteiger charge is 2.20. The van der Waals surface area contributed by atoms with E-state index in [4.69, 9.17) is 5.73 Å². The van der Waals surface area contributed by atoms with Gasteiger partial charge in [0.15, 0.2) is 5.82 Å². The van der Waals surface area contributed by atoms with E-state index >= 15 is 0 Å². The summed E-state index contributed by atoms with van der Waals surface area (Å²) in [6.07, 6.45) is 0.664. The highest BCUT2D eigenvalue weighted by atomic mass is 79.9. The van der Waals surface area contributed by atoms with Gasteiger partial charge < -0.3 is 11.1 Å². The number of anilines is 2. The number of carbonyl (C=O) groups excluding carboxylic acids is 1. The van der Waals surface area contributed by atoms with Gasteiger partial charge in [-0.1, -0.05) is 22.9 Å². The first-order valence-electron chi connectivity index (χ1n) is 6.27. The Morgan fingerprint density at radius 2 is 2.00 bits per heavy atom. The van der Waals surface area contributed by atoms with Crippen molar-refractivity contribution in [3.8, 4) is 0 Å². The molecule has 2 aromatic carbocycles. The summed E-state index contributed by atoms with van der Waals surface area (Å²) in [6.45, 7) is 1.92. The highest BCUT2D eigenvalue weighted by molar-refractivity contribution is 9.10. The molecular weight excluding hydrogens is 342 g/mol. The summed E-state index contributed by atoms with van der Waals surface area (Å²) in [6, 6.07) is 7.29. The zero-order valence-corrected chi connectivity index (χ0v) is 12.8. The zero-order valence-electron chi connectivity index (χ0n) is 11.2.